The first-order valence-electron chi connectivity index (χ1n) is 3.58. The van der Waals surface area contributed by atoms with Gasteiger partial charge in [0.1, 0.15) is 23.9 Å². The Morgan fingerprint density at radius 1 is 1.17 bits per heavy atom. The monoisotopic (exact) mass is 179 g/mol. The van der Waals surface area contributed by atoms with Crippen LogP contribution in [-0.4, -0.2) is 62.1 Å². The van der Waals surface area contributed by atoms with Crippen LogP contribution in [0.3, 0.4) is 0 Å². The largest absolute Gasteiger partial charge is 0.393 e. The molecule has 0 aromatic heterocycles. The van der Waals surface area contributed by atoms with Crippen molar-refractivity contribution >= 4 is 0 Å². The minimum atomic E-state index is -2.11. The Balaban J connectivity index is 2.90. The number of hydrogen-bond acceptors (Lipinski definition) is 6. The first-order chi connectivity index (χ1) is 5.45. The van der Waals surface area contributed by atoms with E-state index in [-0.39, 0.29) is 0 Å². The predicted molar refractivity (Wildman–Crippen MR) is 38.0 cm³/mol. The van der Waals surface area contributed by atoms with Gasteiger partial charge in [0.25, 0.3) is 0 Å². The summed E-state index contributed by atoms with van der Waals surface area (Å²) in [5.41, 5.74) is 3.12. The zero-order valence-corrected chi connectivity index (χ0v) is 6.33. The summed E-state index contributed by atoms with van der Waals surface area (Å²) < 4.78 is 0. The summed E-state index contributed by atoms with van der Waals surface area (Å²) >= 11 is 0. The number of rotatable bonds is 1. The van der Waals surface area contributed by atoms with Gasteiger partial charge in [-0.15, -0.1) is 0 Å². The second-order valence-electron chi connectivity index (χ2n) is 3.11. The summed E-state index contributed by atoms with van der Waals surface area (Å²) in [6, 6.07) is -1.14. The maximum atomic E-state index is 9.39. The van der Waals surface area contributed by atoms with Crippen molar-refractivity contribution in [3.8, 4) is 0 Å². The molecule has 7 N–H and O–H groups in total. The highest BCUT2D eigenvalue weighted by atomic mass is 16.4. The van der Waals surface area contributed by atoms with Crippen LogP contribution in [0.5, 0.6) is 0 Å². The maximum absolute atomic E-state index is 9.39. The SMILES string of the molecule is N[C@H]1[C@H](O)[C@H](O)[C@](O)(CO)[C@H]1O. The van der Waals surface area contributed by atoms with Gasteiger partial charge in [-0.2, -0.15) is 0 Å². The molecule has 0 heterocycles. The highest BCUT2D eigenvalue weighted by molar-refractivity contribution is 5.10. The lowest BCUT2D eigenvalue weighted by molar-refractivity contribution is -0.148. The molecule has 1 aliphatic rings. The van der Waals surface area contributed by atoms with E-state index in [1.165, 1.54) is 0 Å². The van der Waals surface area contributed by atoms with Gasteiger partial charge in [0.2, 0.25) is 0 Å². The molecule has 12 heavy (non-hydrogen) atoms. The van der Waals surface area contributed by atoms with Crippen molar-refractivity contribution in [1.29, 1.82) is 0 Å². The van der Waals surface area contributed by atoms with E-state index in [2.05, 4.69) is 0 Å². The molecule has 1 aliphatic carbocycles. The molecule has 1 fully saturated rings. The molecular weight excluding hydrogens is 166 g/mol. The maximum Gasteiger partial charge on any atom is 0.143 e. The molecule has 0 saturated heterocycles. The Bertz CT molecular complexity index is 161. The van der Waals surface area contributed by atoms with E-state index in [9.17, 15) is 10.2 Å². The van der Waals surface area contributed by atoms with Crippen LogP contribution in [0.4, 0.5) is 0 Å². The normalized spacial score (nSPS) is 54.5. The van der Waals surface area contributed by atoms with E-state index in [1.54, 1.807) is 0 Å². The molecule has 0 radical (unpaired) electrons. The van der Waals surface area contributed by atoms with E-state index in [0.29, 0.717) is 0 Å². The quantitative estimate of drug-likeness (QED) is 0.244. The van der Waals surface area contributed by atoms with E-state index in [0.717, 1.165) is 0 Å². The molecule has 1 saturated carbocycles. The van der Waals surface area contributed by atoms with E-state index >= 15 is 0 Å². The average molecular weight is 179 g/mol. The fourth-order valence-electron chi connectivity index (χ4n) is 1.39. The van der Waals surface area contributed by atoms with Crippen LogP contribution in [0.2, 0.25) is 0 Å². The molecule has 0 amide bonds. The lowest BCUT2D eigenvalue weighted by atomic mass is 9.98. The Kier molecular flexibility index (Phi) is 2.39. The van der Waals surface area contributed by atoms with Gasteiger partial charge in [-0.3, -0.25) is 0 Å². The van der Waals surface area contributed by atoms with E-state index < -0.39 is 36.6 Å². The zero-order valence-electron chi connectivity index (χ0n) is 6.33. The van der Waals surface area contributed by atoms with Crippen molar-refractivity contribution in [3.63, 3.8) is 0 Å². The first kappa shape index (κ1) is 9.85. The Morgan fingerprint density at radius 3 is 1.83 bits per heavy atom. The van der Waals surface area contributed by atoms with Crippen molar-refractivity contribution in [2.24, 2.45) is 5.73 Å². The second kappa shape index (κ2) is 2.91. The summed E-state index contributed by atoms with van der Waals surface area (Å²) in [6.07, 6.45) is -4.56. The molecular formula is C6H13NO5. The van der Waals surface area contributed by atoms with Crippen molar-refractivity contribution in [2.45, 2.75) is 30.0 Å². The van der Waals surface area contributed by atoms with Crippen molar-refractivity contribution < 1.29 is 25.5 Å². The molecule has 6 heteroatoms. The average Bonchev–Trinajstić information content (AvgIpc) is 2.22. The summed E-state index contributed by atoms with van der Waals surface area (Å²) in [5.74, 6) is 0. The fourth-order valence-corrected chi connectivity index (χ4v) is 1.39. The molecule has 72 valence electrons. The molecule has 0 unspecified atom stereocenters. The van der Waals surface area contributed by atoms with Gasteiger partial charge < -0.3 is 31.3 Å². The first-order valence-corrected chi connectivity index (χ1v) is 3.58. The van der Waals surface area contributed by atoms with E-state index in [1.807, 2.05) is 0 Å². The summed E-state index contributed by atoms with van der Waals surface area (Å²) in [7, 11) is 0. The second-order valence-corrected chi connectivity index (χ2v) is 3.11. The third kappa shape index (κ3) is 1.05. The highest BCUT2D eigenvalue weighted by Gasteiger charge is 2.57. The molecule has 0 bridgehead atoms. The minimum absolute atomic E-state index is 0.847. The van der Waals surface area contributed by atoms with Gasteiger partial charge in [0, 0.05) is 0 Å². The fraction of sp³-hybridized carbons (Fsp3) is 1.00. The van der Waals surface area contributed by atoms with Crippen molar-refractivity contribution in [1.82, 2.24) is 0 Å². The van der Waals surface area contributed by atoms with Crippen molar-refractivity contribution in [3.05, 3.63) is 0 Å². The van der Waals surface area contributed by atoms with Gasteiger partial charge in [-0.05, 0) is 0 Å². The van der Waals surface area contributed by atoms with Gasteiger partial charge >= 0.3 is 0 Å². The molecule has 6 nitrogen and oxygen atoms in total. The minimum Gasteiger partial charge on any atom is -0.393 e. The van der Waals surface area contributed by atoms with Gasteiger partial charge in [0.05, 0.1) is 12.6 Å². The number of aliphatic hydroxyl groups is 5. The Labute approximate surface area is 68.9 Å². The third-order valence-corrected chi connectivity index (χ3v) is 2.36. The summed E-state index contributed by atoms with van der Waals surface area (Å²) in [5, 5.41) is 45.5. The lowest BCUT2D eigenvalue weighted by Gasteiger charge is -2.27. The van der Waals surface area contributed by atoms with Gasteiger partial charge in [-0.1, -0.05) is 0 Å². The Hall–Kier alpha value is -0.240. The predicted octanol–water partition coefficient (Wildman–Crippen LogP) is -3.87. The van der Waals surface area contributed by atoms with Crippen LogP contribution in [0, 0.1) is 0 Å². The smallest absolute Gasteiger partial charge is 0.143 e. The number of aliphatic hydroxyl groups excluding tert-OH is 4. The van der Waals surface area contributed by atoms with Crippen molar-refractivity contribution in [2.75, 3.05) is 6.61 Å². The van der Waals surface area contributed by atoms with E-state index in [4.69, 9.17) is 21.1 Å². The zero-order chi connectivity index (χ0) is 9.52. The van der Waals surface area contributed by atoms with Crippen LogP contribution in [0.15, 0.2) is 0 Å². The lowest BCUT2D eigenvalue weighted by Crippen LogP contribution is -2.52. The molecule has 0 spiro atoms. The molecule has 0 aromatic carbocycles. The topological polar surface area (TPSA) is 127 Å². The highest BCUT2D eigenvalue weighted by Crippen LogP contribution is 2.29. The van der Waals surface area contributed by atoms with Crippen LogP contribution in [0.1, 0.15) is 0 Å². The molecule has 0 aromatic rings. The Morgan fingerprint density at radius 2 is 1.67 bits per heavy atom. The van der Waals surface area contributed by atoms with Crippen LogP contribution in [-0.2, 0) is 0 Å². The molecule has 1 rings (SSSR count). The number of hydrogen-bond donors (Lipinski definition) is 6. The van der Waals surface area contributed by atoms with Gasteiger partial charge in [0.15, 0.2) is 0 Å². The number of nitrogens with two attached hydrogens (primary N) is 1. The summed E-state index contributed by atoms with van der Waals surface area (Å²) in [6.45, 7) is -0.847. The van der Waals surface area contributed by atoms with Crippen LogP contribution >= 0.6 is 0 Å². The third-order valence-electron chi connectivity index (χ3n) is 2.36. The van der Waals surface area contributed by atoms with Gasteiger partial charge in [-0.25, -0.2) is 0 Å². The molecule has 5 atom stereocenters. The van der Waals surface area contributed by atoms with Crippen LogP contribution < -0.4 is 5.73 Å². The van der Waals surface area contributed by atoms with Crippen LogP contribution in [0.25, 0.3) is 0 Å². The molecule has 0 aliphatic heterocycles. The summed E-state index contributed by atoms with van der Waals surface area (Å²) in [4.78, 5) is 0. The standard InChI is InChI=1S/C6H13NO5/c7-2-3(9)5(11)6(12,1-8)4(2)10/h2-5,8-12H,1,7H2/t2-,3-,4-,5-,6-/m0/s1.